The summed E-state index contributed by atoms with van der Waals surface area (Å²) in [7, 11) is 0. The Kier molecular flexibility index (Phi) is 3.22. The Labute approximate surface area is 96.7 Å². The van der Waals surface area contributed by atoms with Crippen LogP contribution in [-0.4, -0.2) is 0 Å². The second-order valence-electron chi connectivity index (χ2n) is 4.00. The van der Waals surface area contributed by atoms with E-state index in [1.165, 1.54) is 5.56 Å². The maximum atomic E-state index is 9.08. The summed E-state index contributed by atoms with van der Waals surface area (Å²) in [5, 5.41) is 9.08. The smallest absolute Gasteiger partial charge is 0.0953 e. The van der Waals surface area contributed by atoms with Crippen LogP contribution in [0.15, 0.2) is 42.0 Å². The first kappa shape index (κ1) is 10.7. The molecule has 0 heterocycles. The van der Waals surface area contributed by atoms with Crippen molar-refractivity contribution in [3.05, 3.63) is 53.1 Å². The number of rotatable bonds is 2. The Morgan fingerprint density at radius 3 is 2.62 bits per heavy atom. The number of nitriles is 1. The van der Waals surface area contributed by atoms with Crippen LogP contribution in [0, 0.1) is 11.3 Å². The van der Waals surface area contributed by atoms with Gasteiger partial charge in [0, 0.05) is 5.57 Å². The molecule has 0 aliphatic heterocycles. The first-order valence-corrected chi connectivity index (χ1v) is 5.74. The topological polar surface area (TPSA) is 23.8 Å². The van der Waals surface area contributed by atoms with Gasteiger partial charge in [0.05, 0.1) is 6.07 Å². The van der Waals surface area contributed by atoms with Crippen LogP contribution in [0.2, 0.25) is 0 Å². The summed E-state index contributed by atoms with van der Waals surface area (Å²) in [4.78, 5) is 0. The van der Waals surface area contributed by atoms with Gasteiger partial charge in [-0.2, -0.15) is 5.26 Å². The molecule has 0 unspecified atom stereocenters. The number of nitrogens with zero attached hydrogens (tertiary/aromatic N) is 1. The molecule has 16 heavy (non-hydrogen) atoms. The van der Waals surface area contributed by atoms with Gasteiger partial charge in [-0.15, -0.1) is 0 Å². The lowest BCUT2D eigenvalue weighted by molar-refractivity contribution is 0.999. The van der Waals surface area contributed by atoms with Crippen molar-refractivity contribution in [2.24, 2.45) is 0 Å². The molecule has 1 nitrogen and oxygen atoms in total. The van der Waals surface area contributed by atoms with E-state index in [4.69, 9.17) is 5.26 Å². The van der Waals surface area contributed by atoms with E-state index >= 15 is 0 Å². The maximum absolute atomic E-state index is 9.08. The summed E-state index contributed by atoms with van der Waals surface area (Å²) in [6, 6.07) is 10.8. The highest BCUT2D eigenvalue weighted by Gasteiger charge is 2.09. The van der Waals surface area contributed by atoms with Crippen molar-refractivity contribution in [1.82, 2.24) is 0 Å². The average molecular weight is 209 g/mol. The quantitative estimate of drug-likeness (QED) is 0.725. The van der Waals surface area contributed by atoms with E-state index in [1.807, 2.05) is 0 Å². The SMILES string of the molecule is CCc1ccc(C2=C(C#N)CCC=C2)cc1. The van der Waals surface area contributed by atoms with Crippen molar-refractivity contribution < 1.29 is 0 Å². The molecule has 80 valence electrons. The van der Waals surface area contributed by atoms with Crippen molar-refractivity contribution in [1.29, 1.82) is 5.26 Å². The van der Waals surface area contributed by atoms with Gasteiger partial charge in [0.25, 0.3) is 0 Å². The second kappa shape index (κ2) is 4.81. The van der Waals surface area contributed by atoms with E-state index in [-0.39, 0.29) is 0 Å². The first-order valence-electron chi connectivity index (χ1n) is 5.74. The minimum atomic E-state index is 0.873. The normalized spacial score (nSPS) is 15.0. The predicted octanol–water partition coefficient (Wildman–Crippen LogP) is 3.88. The van der Waals surface area contributed by atoms with Crippen LogP contribution in [0.1, 0.15) is 30.9 Å². The standard InChI is InChI=1S/C15H15N/c1-2-12-7-9-13(10-8-12)15-6-4-3-5-14(15)11-16/h4,6-10H,2-3,5H2,1H3. The molecule has 0 spiro atoms. The number of benzene rings is 1. The minimum absolute atomic E-state index is 0.873. The molecule has 0 radical (unpaired) electrons. The third-order valence-electron chi connectivity index (χ3n) is 2.98. The van der Waals surface area contributed by atoms with Crippen LogP contribution < -0.4 is 0 Å². The molecule has 2 rings (SSSR count). The summed E-state index contributed by atoms with van der Waals surface area (Å²) in [5.74, 6) is 0. The molecule has 0 saturated carbocycles. The lowest BCUT2D eigenvalue weighted by Crippen LogP contribution is -1.93. The van der Waals surface area contributed by atoms with Gasteiger partial charge in [0.15, 0.2) is 0 Å². The highest BCUT2D eigenvalue weighted by atomic mass is 14.3. The van der Waals surface area contributed by atoms with E-state index in [0.29, 0.717) is 0 Å². The summed E-state index contributed by atoms with van der Waals surface area (Å²) in [6.45, 7) is 2.15. The van der Waals surface area contributed by atoms with Crippen LogP contribution in [0.25, 0.3) is 5.57 Å². The van der Waals surface area contributed by atoms with E-state index < -0.39 is 0 Å². The lowest BCUT2D eigenvalue weighted by Gasteiger charge is -2.11. The van der Waals surface area contributed by atoms with Crippen molar-refractivity contribution in [3.8, 4) is 6.07 Å². The van der Waals surface area contributed by atoms with Gasteiger partial charge in [0.2, 0.25) is 0 Å². The molecule has 0 bridgehead atoms. The zero-order valence-corrected chi connectivity index (χ0v) is 9.53. The van der Waals surface area contributed by atoms with Crippen molar-refractivity contribution in [3.63, 3.8) is 0 Å². The van der Waals surface area contributed by atoms with Crippen LogP contribution in [0.5, 0.6) is 0 Å². The van der Waals surface area contributed by atoms with Gasteiger partial charge in [-0.05, 0) is 36.0 Å². The fourth-order valence-electron chi connectivity index (χ4n) is 1.97. The van der Waals surface area contributed by atoms with Gasteiger partial charge in [-0.3, -0.25) is 0 Å². The number of aryl methyl sites for hydroxylation is 1. The number of hydrogen-bond acceptors (Lipinski definition) is 1. The van der Waals surface area contributed by atoms with E-state index in [0.717, 1.165) is 36.0 Å². The highest BCUT2D eigenvalue weighted by Crippen LogP contribution is 2.27. The zero-order chi connectivity index (χ0) is 11.4. The molecular formula is C15H15N. The molecule has 1 heteroatoms. The summed E-state index contributed by atoms with van der Waals surface area (Å²) in [5.41, 5.74) is 4.50. The van der Waals surface area contributed by atoms with Crippen LogP contribution in [0.4, 0.5) is 0 Å². The zero-order valence-electron chi connectivity index (χ0n) is 9.53. The fourth-order valence-corrected chi connectivity index (χ4v) is 1.97. The van der Waals surface area contributed by atoms with E-state index in [9.17, 15) is 0 Å². The average Bonchev–Trinajstić information content (AvgIpc) is 2.39. The molecule has 1 aliphatic rings. The Bertz CT molecular complexity index is 469. The first-order chi connectivity index (χ1) is 7.85. The number of hydrogen-bond donors (Lipinski definition) is 0. The van der Waals surface area contributed by atoms with E-state index in [2.05, 4.69) is 49.4 Å². The Balaban J connectivity index is 2.39. The Hall–Kier alpha value is -1.81. The number of allylic oxidation sites excluding steroid dienone is 4. The maximum Gasteiger partial charge on any atom is 0.0953 e. The molecule has 1 aromatic carbocycles. The molecule has 0 fully saturated rings. The molecule has 0 saturated heterocycles. The monoisotopic (exact) mass is 209 g/mol. The largest absolute Gasteiger partial charge is 0.193 e. The minimum Gasteiger partial charge on any atom is -0.193 e. The molecule has 1 aromatic rings. The fraction of sp³-hybridized carbons (Fsp3) is 0.267. The van der Waals surface area contributed by atoms with Crippen molar-refractivity contribution in [2.75, 3.05) is 0 Å². The highest BCUT2D eigenvalue weighted by molar-refractivity contribution is 5.80. The summed E-state index contributed by atoms with van der Waals surface area (Å²) < 4.78 is 0. The van der Waals surface area contributed by atoms with Gasteiger partial charge in [0.1, 0.15) is 0 Å². The molecule has 1 aliphatic carbocycles. The van der Waals surface area contributed by atoms with Crippen molar-refractivity contribution in [2.45, 2.75) is 26.2 Å². The van der Waals surface area contributed by atoms with Crippen LogP contribution in [0.3, 0.4) is 0 Å². The summed E-state index contributed by atoms with van der Waals surface area (Å²) in [6.07, 6.45) is 7.13. The molecule has 0 aromatic heterocycles. The lowest BCUT2D eigenvalue weighted by atomic mass is 9.92. The van der Waals surface area contributed by atoms with Gasteiger partial charge < -0.3 is 0 Å². The molecular weight excluding hydrogens is 194 g/mol. The van der Waals surface area contributed by atoms with Crippen LogP contribution >= 0.6 is 0 Å². The third kappa shape index (κ3) is 2.06. The van der Waals surface area contributed by atoms with Crippen LogP contribution in [-0.2, 0) is 6.42 Å². The van der Waals surface area contributed by atoms with Gasteiger partial charge >= 0.3 is 0 Å². The van der Waals surface area contributed by atoms with Gasteiger partial charge in [-0.25, -0.2) is 0 Å². The molecule has 0 amide bonds. The Morgan fingerprint density at radius 1 is 1.25 bits per heavy atom. The molecule has 0 N–H and O–H groups in total. The Morgan fingerprint density at radius 2 is 2.00 bits per heavy atom. The summed E-state index contributed by atoms with van der Waals surface area (Å²) >= 11 is 0. The second-order valence-corrected chi connectivity index (χ2v) is 4.00. The molecule has 0 atom stereocenters. The van der Waals surface area contributed by atoms with Gasteiger partial charge in [-0.1, -0.05) is 43.3 Å². The van der Waals surface area contributed by atoms with E-state index in [1.54, 1.807) is 0 Å². The third-order valence-corrected chi connectivity index (χ3v) is 2.98. The predicted molar refractivity (Wildman–Crippen MR) is 66.7 cm³/mol. The van der Waals surface area contributed by atoms with Crippen molar-refractivity contribution >= 4 is 5.57 Å².